The summed E-state index contributed by atoms with van der Waals surface area (Å²) in [6.07, 6.45) is 1.62. The highest BCUT2D eigenvalue weighted by Crippen LogP contribution is 2.40. The molecule has 4 rings (SSSR count). The van der Waals surface area contributed by atoms with Gasteiger partial charge in [-0.1, -0.05) is 35.9 Å². The Bertz CT molecular complexity index is 995. The number of ketones is 1. The Balaban J connectivity index is 1.82. The lowest BCUT2D eigenvalue weighted by atomic mass is 9.95. The molecule has 2 unspecified atom stereocenters. The molecule has 2 atom stereocenters. The maximum Gasteiger partial charge on any atom is 0.295 e. The number of benzene rings is 2. The summed E-state index contributed by atoms with van der Waals surface area (Å²) in [5, 5.41) is 11.4. The molecule has 2 aliphatic heterocycles. The second-order valence-electron chi connectivity index (χ2n) is 7.37. The third-order valence-corrected chi connectivity index (χ3v) is 5.73. The first-order valence-corrected chi connectivity index (χ1v) is 10.2. The predicted octanol–water partition coefficient (Wildman–Crippen LogP) is 3.95. The van der Waals surface area contributed by atoms with Crippen LogP contribution in [0.15, 0.2) is 54.1 Å². The quantitative estimate of drug-likeness (QED) is 0.444. The maximum atomic E-state index is 13.0. The monoisotopic (exact) mass is 427 g/mol. The minimum Gasteiger partial charge on any atom is -0.507 e. The lowest BCUT2D eigenvalue weighted by Gasteiger charge is -2.27. The molecule has 0 aliphatic carbocycles. The van der Waals surface area contributed by atoms with Crippen LogP contribution in [0.5, 0.6) is 5.75 Å². The Morgan fingerprint density at radius 1 is 1.23 bits per heavy atom. The van der Waals surface area contributed by atoms with Gasteiger partial charge < -0.3 is 19.5 Å². The number of aliphatic hydroxyl groups is 1. The smallest absolute Gasteiger partial charge is 0.295 e. The summed E-state index contributed by atoms with van der Waals surface area (Å²) in [5.41, 5.74) is 1.14. The number of methoxy groups -OCH3 is 1. The van der Waals surface area contributed by atoms with Gasteiger partial charge in [0, 0.05) is 23.7 Å². The number of aliphatic hydroxyl groups excluding tert-OH is 1. The highest BCUT2D eigenvalue weighted by Gasteiger charge is 2.47. The molecule has 1 amide bonds. The summed E-state index contributed by atoms with van der Waals surface area (Å²) in [4.78, 5) is 27.4. The number of nitrogens with zero attached hydrogens (tertiary/aromatic N) is 1. The molecule has 1 N–H and O–H groups in total. The van der Waals surface area contributed by atoms with Gasteiger partial charge in [0.1, 0.15) is 11.5 Å². The topological polar surface area (TPSA) is 76.1 Å². The predicted molar refractivity (Wildman–Crippen MR) is 112 cm³/mol. The molecule has 0 radical (unpaired) electrons. The van der Waals surface area contributed by atoms with E-state index in [1.165, 1.54) is 4.90 Å². The number of amides is 1. The molecule has 2 aromatic carbocycles. The van der Waals surface area contributed by atoms with Crippen molar-refractivity contribution >= 4 is 29.1 Å². The van der Waals surface area contributed by atoms with Gasteiger partial charge >= 0.3 is 0 Å². The number of hydrogen-bond donors (Lipinski definition) is 1. The van der Waals surface area contributed by atoms with E-state index >= 15 is 0 Å². The van der Waals surface area contributed by atoms with Crippen molar-refractivity contribution in [3.63, 3.8) is 0 Å². The van der Waals surface area contributed by atoms with Crippen molar-refractivity contribution in [1.29, 1.82) is 0 Å². The first kappa shape index (κ1) is 20.4. The number of likely N-dealkylation sites (tertiary alicyclic amines) is 1. The number of rotatable bonds is 5. The van der Waals surface area contributed by atoms with Crippen LogP contribution in [0.4, 0.5) is 0 Å². The molecular weight excluding hydrogens is 406 g/mol. The van der Waals surface area contributed by atoms with Gasteiger partial charge in [-0.05, 0) is 42.7 Å². The second kappa shape index (κ2) is 8.50. The van der Waals surface area contributed by atoms with Crippen molar-refractivity contribution in [2.24, 2.45) is 0 Å². The lowest BCUT2D eigenvalue weighted by molar-refractivity contribution is -0.140. The SMILES string of the molecule is COc1ccc(C2/C(=C(/O)c3cccc(Cl)c3)C(=O)C(=O)N2CC2CCCO2)cc1. The van der Waals surface area contributed by atoms with E-state index in [1.54, 1.807) is 55.6 Å². The highest BCUT2D eigenvalue weighted by molar-refractivity contribution is 6.46. The molecule has 6 nitrogen and oxygen atoms in total. The van der Waals surface area contributed by atoms with Gasteiger partial charge in [0.05, 0.1) is 24.8 Å². The van der Waals surface area contributed by atoms with Crippen molar-refractivity contribution in [2.45, 2.75) is 25.0 Å². The van der Waals surface area contributed by atoms with Crippen molar-refractivity contribution < 1.29 is 24.2 Å². The van der Waals surface area contributed by atoms with Gasteiger partial charge in [0.25, 0.3) is 11.7 Å². The van der Waals surface area contributed by atoms with Crippen LogP contribution in [0, 0.1) is 0 Å². The van der Waals surface area contributed by atoms with E-state index in [0.717, 1.165) is 12.8 Å². The van der Waals surface area contributed by atoms with Gasteiger partial charge in [0.2, 0.25) is 0 Å². The van der Waals surface area contributed by atoms with Crippen molar-refractivity contribution in [2.75, 3.05) is 20.3 Å². The fraction of sp³-hybridized carbons (Fsp3) is 0.304. The molecule has 2 saturated heterocycles. The van der Waals surface area contributed by atoms with E-state index in [4.69, 9.17) is 21.1 Å². The molecular formula is C23H22ClNO5. The van der Waals surface area contributed by atoms with Crippen molar-refractivity contribution in [1.82, 2.24) is 4.90 Å². The summed E-state index contributed by atoms with van der Waals surface area (Å²) < 4.78 is 10.9. The zero-order valence-electron chi connectivity index (χ0n) is 16.5. The van der Waals surface area contributed by atoms with E-state index in [-0.39, 0.29) is 24.0 Å². The normalized spacial score (nSPS) is 23.2. The first-order chi connectivity index (χ1) is 14.5. The van der Waals surface area contributed by atoms with Gasteiger partial charge in [-0.3, -0.25) is 9.59 Å². The Hall–Kier alpha value is -2.83. The maximum absolute atomic E-state index is 13.0. The molecule has 0 spiro atoms. The van der Waals surface area contributed by atoms with Gasteiger partial charge in [-0.2, -0.15) is 0 Å². The lowest BCUT2D eigenvalue weighted by Crippen LogP contribution is -2.36. The standard InChI is InChI=1S/C23H22ClNO5/c1-29-17-9-7-14(8-10-17)20-19(21(26)15-4-2-5-16(24)12-15)22(27)23(28)25(20)13-18-6-3-11-30-18/h2,4-5,7-10,12,18,20,26H,3,6,11,13H2,1H3/b21-19-. The molecule has 0 aromatic heterocycles. The molecule has 2 heterocycles. The Morgan fingerprint density at radius 3 is 2.63 bits per heavy atom. The number of carbonyl (C=O) groups is 2. The molecule has 2 aromatic rings. The van der Waals surface area contributed by atoms with E-state index < -0.39 is 17.7 Å². The fourth-order valence-corrected chi connectivity index (χ4v) is 4.19. The van der Waals surface area contributed by atoms with E-state index in [9.17, 15) is 14.7 Å². The summed E-state index contributed by atoms with van der Waals surface area (Å²) >= 11 is 6.06. The minimum atomic E-state index is -0.723. The van der Waals surface area contributed by atoms with Crippen LogP contribution in [0.2, 0.25) is 5.02 Å². The Kier molecular flexibility index (Phi) is 5.79. The zero-order valence-corrected chi connectivity index (χ0v) is 17.3. The fourth-order valence-electron chi connectivity index (χ4n) is 4.00. The van der Waals surface area contributed by atoms with Gasteiger partial charge in [-0.25, -0.2) is 0 Å². The van der Waals surface area contributed by atoms with Crippen LogP contribution in [-0.2, 0) is 14.3 Å². The average molecular weight is 428 g/mol. The zero-order chi connectivity index (χ0) is 21.3. The summed E-state index contributed by atoms with van der Waals surface area (Å²) in [6.45, 7) is 0.928. The summed E-state index contributed by atoms with van der Waals surface area (Å²) in [7, 11) is 1.57. The molecule has 0 bridgehead atoms. The number of halogens is 1. The third-order valence-electron chi connectivity index (χ3n) is 5.49. The van der Waals surface area contributed by atoms with Gasteiger partial charge in [-0.15, -0.1) is 0 Å². The van der Waals surface area contributed by atoms with Crippen LogP contribution in [0.3, 0.4) is 0 Å². The molecule has 7 heteroatoms. The van der Waals surface area contributed by atoms with Gasteiger partial charge in [0.15, 0.2) is 0 Å². The molecule has 30 heavy (non-hydrogen) atoms. The van der Waals surface area contributed by atoms with Crippen LogP contribution in [0.25, 0.3) is 5.76 Å². The van der Waals surface area contributed by atoms with E-state index in [1.807, 2.05) is 0 Å². The molecule has 2 aliphatic rings. The molecule has 0 saturated carbocycles. The summed E-state index contributed by atoms with van der Waals surface area (Å²) in [5.74, 6) is -0.947. The third kappa shape index (κ3) is 3.80. The molecule has 2 fully saturated rings. The molecule has 156 valence electrons. The first-order valence-electron chi connectivity index (χ1n) is 9.79. The largest absolute Gasteiger partial charge is 0.507 e. The van der Waals surface area contributed by atoms with Crippen molar-refractivity contribution in [3.8, 4) is 5.75 Å². The number of ether oxygens (including phenoxy) is 2. The van der Waals surface area contributed by atoms with Crippen LogP contribution >= 0.6 is 11.6 Å². The number of hydrogen-bond acceptors (Lipinski definition) is 5. The second-order valence-corrected chi connectivity index (χ2v) is 7.81. The van der Waals surface area contributed by atoms with E-state index in [2.05, 4.69) is 0 Å². The highest BCUT2D eigenvalue weighted by atomic mass is 35.5. The van der Waals surface area contributed by atoms with Crippen LogP contribution in [0.1, 0.15) is 30.0 Å². The van der Waals surface area contributed by atoms with Crippen molar-refractivity contribution in [3.05, 3.63) is 70.3 Å². The number of carbonyl (C=O) groups excluding carboxylic acids is 2. The van der Waals surface area contributed by atoms with Crippen LogP contribution in [-0.4, -0.2) is 48.1 Å². The van der Waals surface area contributed by atoms with E-state index in [0.29, 0.717) is 28.5 Å². The number of Topliss-reactive ketones (excluding diaryl/α,β-unsaturated/α-hetero) is 1. The van der Waals surface area contributed by atoms with Crippen LogP contribution < -0.4 is 4.74 Å². The Labute approximate surface area is 179 Å². The Morgan fingerprint density at radius 2 is 2.00 bits per heavy atom. The minimum absolute atomic E-state index is 0.0467. The average Bonchev–Trinajstić information content (AvgIpc) is 3.36. The summed E-state index contributed by atoms with van der Waals surface area (Å²) in [6, 6.07) is 13.0.